The van der Waals surface area contributed by atoms with Crippen molar-refractivity contribution >= 4 is 29.5 Å². The van der Waals surface area contributed by atoms with Gasteiger partial charge in [-0.05, 0) is 23.8 Å². The van der Waals surface area contributed by atoms with E-state index in [1.807, 2.05) is 0 Å². The Morgan fingerprint density at radius 2 is 1.94 bits per heavy atom. The molecule has 0 bridgehead atoms. The van der Waals surface area contributed by atoms with Crippen molar-refractivity contribution < 1.29 is 28.6 Å². The summed E-state index contributed by atoms with van der Waals surface area (Å²) in [5.74, 6) is 0.119. The van der Waals surface area contributed by atoms with Gasteiger partial charge in [-0.15, -0.1) is 0 Å². The molecule has 2 aliphatic heterocycles. The molecule has 9 nitrogen and oxygen atoms in total. The molecule has 1 atom stereocenters. The van der Waals surface area contributed by atoms with Crippen LogP contribution in [0, 0.1) is 0 Å². The molecule has 4 rings (SSSR count). The lowest BCUT2D eigenvalue weighted by atomic mass is 9.96. The van der Waals surface area contributed by atoms with Crippen LogP contribution < -0.4 is 20.1 Å². The Kier molecular flexibility index (Phi) is 6.41. The monoisotopic (exact) mass is 471 g/mol. The SMILES string of the molecule is COc1cccc(CNC(=O)CN2C(=O)N[C@@H](c3ccc(Cl)cc3)C3=C2COC3=O)c1OC. The number of urea groups is 1. The molecule has 0 fully saturated rings. The maximum absolute atomic E-state index is 12.9. The van der Waals surface area contributed by atoms with Crippen molar-refractivity contribution in [1.82, 2.24) is 15.5 Å². The summed E-state index contributed by atoms with van der Waals surface area (Å²) >= 11 is 5.95. The molecule has 0 saturated heterocycles. The fraction of sp³-hybridized carbons (Fsp3) is 0.261. The number of cyclic esters (lactones) is 1. The van der Waals surface area contributed by atoms with Crippen LogP contribution in [0.5, 0.6) is 11.5 Å². The largest absolute Gasteiger partial charge is 0.493 e. The number of methoxy groups -OCH3 is 2. The highest BCUT2D eigenvalue weighted by Gasteiger charge is 2.42. The minimum absolute atomic E-state index is 0.0807. The summed E-state index contributed by atoms with van der Waals surface area (Å²) in [7, 11) is 3.05. The highest BCUT2D eigenvalue weighted by molar-refractivity contribution is 6.30. The summed E-state index contributed by atoms with van der Waals surface area (Å²) in [6.07, 6.45) is 0. The summed E-state index contributed by atoms with van der Waals surface area (Å²) < 4.78 is 15.8. The molecule has 0 saturated carbocycles. The number of halogens is 1. The third kappa shape index (κ3) is 4.45. The highest BCUT2D eigenvalue weighted by Crippen LogP contribution is 2.35. The van der Waals surface area contributed by atoms with Crippen LogP contribution in [-0.2, 0) is 20.9 Å². The van der Waals surface area contributed by atoms with E-state index in [1.54, 1.807) is 42.5 Å². The van der Waals surface area contributed by atoms with Crippen LogP contribution >= 0.6 is 11.6 Å². The fourth-order valence-electron chi connectivity index (χ4n) is 3.87. The lowest BCUT2D eigenvalue weighted by Gasteiger charge is -2.32. The van der Waals surface area contributed by atoms with Crippen LogP contribution in [0.15, 0.2) is 53.7 Å². The van der Waals surface area contributed by atoms with E-state index >= 15 is 0 Å². The summed E-state index contributed by atoms with van der Waals surface area (Å²) in [6, 6.07) is 11.0. The average Bonchev–Trinajstić information content (AvgIpc) is 3.21. The van der Waals surface area contributed by atoms with Gasteiger partial charge in [0.25, 0.3) is 0 Å². The van der Waals surface area contributed by atoms with Crippen molar-refractivity contribution in [2.75, 3.05) is 27.4 Å². The molecule has 2 aromatic rings. The first-order valence-corrected chi connectivity index (χ1v) is 10.5. The quantitative estimate of drug-likeness (QED) is 0.601. The van der Waals surface area contributed by atoms with Crippen molar-refractivity contribution in [3.63, 3.8) is 0 Å². The number of nitrogens with zero attached hydrogens (tertiary/aromatic N) is 1. The molecular weight excluding hydrogens is 450 g/mol. The first-order chi connectivity index (χ1) is 15.9. The van der Waals surface area contributed by atoms with E-state index in [4.69, 9.17) is 25.8 Å². The number of para-hydroxylation sites is 1. The van der Waals surface area contributed by atoms with E-state index in [9.17, 15) is 14.4 Å². The molecule has 2 heterocycles. The summed E-state index contributed by atoms with van der Waals surface area (Å²) in [5.41, 5.74) is 2.08. The number of carbonyl (C=O) groups is 3. The second-order valence-electron chi connectivity index (χ2n) is 7.39. The maximum Gasteiger partial charge on any atom is 0.338 e. The van der Waals surface area contributed by atoms with E-state index < -0.39 is 23.9 Å². The smallest absolute Gasteiger partial charge is 0.338 e. The Balaban J connectivity index is 1.51. The first-order valence-electron chi connectivity index (χ1n) is 10.1. The van der Waals surface area contributed by atoms with Gasteiger partial charge < -0.3 is 24.8 Å². The standard InChI is InChI=1S/C23H22ClN3O6/c1-31-17-5-3-4-14(21(17)32-2)10-25-18(28)11-27-16-12-33-22(29)19(16)20(26-23(27)30)13-6-8-15(24)9-7-13/h3-9,20H,10-12H2,1-2H3,(H,25,28)(H,26,30)/t20-/m0/s1. The Morgan fingerprint density at radius 1 is 1.18 bits per heavy atom. The van der Waals surface area contributed by atoms with Gasteiger partial charge in [0.05, 0.1) is 31.5 Å². The van der Waals surface area contributed by atoms with Gasteiger partial charge in [0, 0.05) is 17.1 Å². The zero-order valence-electron chi connectivity index (χ0n) is 18.0. The van der Waals surface area contributed by atoms with Crippen LogP contribution in [-0.4, -0.2) is 50.2 Å². The van der Waals surface area contributed by atoms with Gasteiger partial charge in [0.2, 0.25) is 5.91 Å². The van der Waals surface area contributed by atoms with Gasteiger partial charge in [-0.2, -0.15) is 0 Å². The van der Waals surface area contributed by atoms with Crippen LogP contribution in [0.4, 0.5) is 4.79 Å². The molecule has 10 heteroatoms. The van der Waals surface area contributed by atoms with Crippen molar-refractivity contribution in [1.29, 1.82) is 0 Å². The van der Waals surface area contributed by atoms with Gasteiger partial charge in [-0.3, -0.25) is 9.69 Å². The molecule has 2 N–H and O–H groups in total. The van der Waals surface area contributed by atoms with E-state index in [2.05, 4.69) is 10.6 Å². The minimum Gasteiger partial charge on any atom is -0.493 e. The van der Waals surface area contributed by atoms with Gasteiger partial charge in [0.15, 0.2) is 11.5 Å². The van der Waals surface area contributed by atoms with Gasteiger partial charge in [0.1, 0.15) is 13.2 Å². The Hall–Kier alpha value is -3.72. The maximum atomic E-state index is 12.9. The number of hydrogen-bond donors (Lipinski definition) is 2. The molecule has 0 spiro atoms. The summed E-state index contributed by atoms with van der Waals surface area (Å²) in [6.45, 7) is -0.188. The molecular formula is C23H22ClN3O6. The molecule has 0 unspecified atom stereocenters. The van der Waals surface area contributed by atoms with E-state index in [0.29, 0.717) is 33.4 Å². The Labute approximate surface area is 195 Å². The van der Waals surface area contributed by atoms with E-state index in [0.717, 1.165) is 5.56 Å². The number of carbonyl (C=O) groups excluding carboxylic acids is 3. The first kappa shape index (κ1) is 22.5. The number of nitrogens with one attached hydrogen (secondary N) is 2. The second kappa shape index (κ2) is 9.41. The summed E-state index contributed by atoms with van der Waals surface area (Å²) in [4.78, 5) is 39.2. The number of amides is 3. The van der Waals surface area contributed by atoms with Crippen LogP contribution in [0.3, 0.4) is 0 Å². The third-order valence-electron chi connectivity index (χ3n) is 5.46. The zero-order chi connectivity index (χ0) is 23.5. The average molecular weight is 472 g/mol. The number of rotatable bonds is 7. The van der Waals surface area contributed by atoms with Crippen LogP contribution in [0.2, 0.25) is 5.02 Å². The predicted octanol–water partition coefficient (Wildman–Crippen LogP) is 2.55. The number of esters is 1. The molecule has 0 aliphatic carbocycles. The van der Waals surface area contributed by atoms with Crippen molar-refractivity contribution in [2.45, 2.75) is 12.6 Å². The second-order valence-corrected chi connectivity index (χ2v) is 7.82. The molecule has 2 aliphatic rings. The normalized spacial score (nSPS) is 17.3. The number of benzene rings is 2. The van der Waals surface area contributed by atoms with Crippen molar-refractivity contribution in [3.8, 4) is 11.5 Å². The highest BCUT2D eigenvalue weighted by atomic mass is 35.5. The summed E-state index contributed by atoms with van der Waals surface area (Å²) in [5, 5.41) is 6.10. The fourth-order valence-corrected chi connectivity index (χ4v) is 4.00. The van der Waals surface area contributed by atoms with Crippen LogP contribution in [0.25, 0.3) is 0 Å². The Bertz CT molecular complexity index is 1130. The molecule has 0 aromatic heterocycles. The Morgan fingerprint density at radius 3 is 2.64 bits per heavy atom. The van der Waals surface area contributed by atoms with E-state index in [1.165, 1.54) is 19.1 Å². The molecule has 0 radical (unpaired) electrons. The van der Waals surface area contributed by atoms with Crippen molar-refractivity contribution in [3.05, 3.63) is 69.9 Å². The topological polar surface area (TPSA) is 106 Å². The predicted molar refractivity (Wildman–Crippen MR) is 119 cm³/mol. The number of hydrogen-bond acceptors (Lipinski definition) is 6. The van der Waals surface area contributed by atoms with Gasteiger partial charge in [-0.1, -0.05) is 35.9 Å². The van der Waals surface area contributed by atoms with Gasteiger partial charge in [-0.25, -0.2) is 9.59 Å². The molecule has 2 aromatic carbocycles. The van der Waals surface area contributed by atoms with Gasteiger partial charge >= 0.3 is 12.0 Å². The molecule has 33 heavy (non-hydrogen) atoms. The third-order valence-corrected chi connectivity index (χ3v) is 5.72. The molecule has 3 amide bonds. The van der Waals surface area contributed by atoms with E-state index in [-0.39, 0.29) is 19.7 Å². The zero-order valence-corrected chi connectivity index (χ0v) is 18.8. The minimum atomic E-state index is -0.680. The number of ether oxygens (including phenoxy) is 3. The lowest BCUT2D eigenvalue weighted by molar-refractivity contribution is -0.136. The van der Waals surface area contributed by atoms with Crippen molar-refractivity contribution in [2.24, 2.45) is 0 Å². The lowest BCUT2D eigenvalue weighted by Crippen LogP contribution is -2.50. The van der Waals surface area contributed by atoms with Crippen LogP contribution in [0.1, 0.15) is 17.2 Å². The molecule has 172 valence electrons.